The van der Waals surface area contributed by atoms with Crippen LogP contribution in [0.4, 0.5) is 5.82 Å². The Morgan fingerprint density at radius 1 is 1.42 bits per heavy atom. The monoisotopic (exact) mass is 323 g/mol. The summed E-state index contributed by atoms with van der Waals surface area (Å²) < 4.78 is 6.19. The first-order chi connectivity index (χ1) is 9.08. The Kier molecular flexibility index (Phi) is 4.06. The molecular formula is C12H10BrN3O3. The van der Waals surface area contributed by atoms with E-state index < -0.39 is 11.0 Å². The van der Waals surface area contributed by atoms with Crippen molar-refractivity contribution in [2.45, 2.75) is 13.0 Å². The van der Waals surface area contributed by atoms with E-state index in [0.717, 1.165) is 0 Å². The van der Waals surface area contributed by atoms with Crippen LogP contribution >= 0.6 is 15.9 Å². The van der Waals surface area contributed by atoms with Crippen LogP contribution in [0.25, 0.3) is 0 Å². The van der Waals surface area contributed by atoms with Crippen molar-refractivity contribution >= 4 is 21.7 Å². The first kappa shape index (κ1) is 13.4. The van der Waals surface area contributed by atoms with Crippen molar-refractivity contribution in [1.29, 1.82) is 0 Å². The summed E-state index contributed by atoms with van der Waals surface area (Å²) in [6.07, 6.45) is 2.59. The highest BCUT2D eigenvalue weighted by atomic mass is 79.9. The summed E-state index contributed by atoms with van der Waals surface area (Å²) in [6, 6.07) is 6.93. The van der Waals surface area contributed by atoms with Gasteiger partial charge in [-0.15, -0.1) is 0 Å². The lowest BCUT2D eigenvalue weighted by Crippen LogP contribution is -2.07. The molecule has 0 radical (unpaired) electrons. The first-order valence-electron chi connectivity index (χ1n) is 5.45. The van der Waals surface area contributed by atoms with Crippen molar-refractivity contribution in [1.82, 2.24) is 9.97 Å². The van der Waals surface area contributed by atoms with Crippen LogP contribution in [0.5, 0.6) is 5.75 Å². The second-order valence-electron chi connectivity index (χ2n) is 3.75. The van der Waals surface area contributed by atoms with Gasteiger partial charge in [0.05, 0.1) is 10.2 Å². The van der Waals surface area contributed by atoms with Gasteiger partial charge >= 0.3 is 5.82 Å². The molecule has 7 heteroatoms. The molecule has 1 atom stereocenters. The van der Waals surface area contributed by atoms with Gasteiger partial charge in [-0.05, 0) is 44.9 Å². The third kappa shape index (κ3) is 3.25. The fourth-order valence-electron chi connectivity index (χ4n) is 1.50. The predicted molar refractivity (Wildman–Crippen MR) is 71.9 cm³/mol. The highest BCUT2D eigenvalue weighted by Gasteiger charge is 2.20. The molecule has 0 amide bonds. The smallest absolute Gasteiger partial charge is 0.406 e. The number of halogens is 1. The Morgan fingerprint density at radius 3 is 2.84 bits per heavy atom. The number of pyridine rings is 2. The van der Waals surface area contributed by atoms with Gasteiger partial charge in [0.2, 0.25) is 5.75 Å². The Balaban J connectivity index is 2.28. The quantitative estimate of drug-likeness (QED) is 0.637. The maximum atomic E-state index is 10.9. The molecule has 19 heavy (non-hydrogen) atoms. The molecule has 0 aromatic carbocycles. The van der Waals surface area contributed by atoms with Gasteiger partial charge < -0.3 is 14.9 Å². The fraction of sp³-hybridized carbons (Fsp3) is 0.167. The minimum Gasteiger partial charge on any atom is -0.476 e. The van der Waals surface area contributed by atoms with Crippen LogP contribution in [0.2, 0.25) is 0 Å². The van der Waals surface area contributed by atoms with E-state index in [1.165, 1.54) is 12.3 Å². The summed E-state index contributed by atoms with van der Waals surface area (Å²) in [5.74, 6) is -0.205. The van der Waals surface area contributed by atoms with Crippen molar-refractivity contribution in [3.63, 3.8) is 0 Å². The van der Waals surface area contributed by atoms with Gasteiger partial charge in [0.1, 0.15) is 6.10 Å². The van der Waals surface area contributed by atoms with Crippen molar-refractivity contribution in [2.75, 3.05) is 0 Å². The van der Waals surface area contributed by atoms with Crippen molar-refractivity contribution in [3.8, 4) is 5.75 Å². The summed E-state index contributed by atoms with van der Waals surface area (Å²) >= 11 is 3.21. The Hall–Kier alpha value is -2.02. The number of ether oxygens (including phenoxy) is 1. The number of rotatable bonds is 4. The molecule has 2 heterocycles. The number of hydrogen-bond donors (Lipinski definition) is 0. The average Bonchev–Trinajstić information content (AvgIpc) is 2.39. The summed E-state index contributed by atoms with van der Waals surface area (Å²) in [5, 5.41) is 10.9. The third-order valence-corrected chi connectivity index (χ3v) is 2.81. The molecule has 98 valence electrons. The minimum absolute atomic E-state index is 0.109. The van der Waals surface area contributed by atoms with Gasteiger partial charge in [0, 0.05) is 12.3 Å². The first-order valence-corrected chi connectivity index (χ1v) is 6.24. The molecule has 0 aliphatic rings. The van der Waals surface area contributed by atoms with E-state index in [4.69, 9.17) is 4.74 Å². The Bertz CT molecular complexity index is 592. The summed E-state index contributed by atoms with van der Waals surface area (Å²) in [7, 11) is 0. The standard InChI is InChI=1S/C12H10BrN3O3/c1-8(10-4-2-3-5-14-10)19-11-6-9(13)7-15-12(11)16(17)18/h2-8H,1H3. The second kappa shape index (κ2) is 5.75. The average molecular weight is 324 g/mol. The Morgan fingerprint density at radius 2 is 2.21 bits per heavy atom. The molecule has 6 nitrogen and oxygen atoms in total. The van der Waals surface area contributed by atoms with Crippen LogP contribution in [-0.4, -0.2) is 14.9 Å². The number of nitro groups is 1. The van der Waals surface area contributed by atoms with E-state index in [1.807, 2.05) is 6.07 Å². The zero-order valence-electron chi connectivity index (χ0n) is 9.99. The highest BCUT2D eigenvalue weighted by Crippen LogP contribution is 2.30. The van der Waals surface area contributed by atoms with E-state index in [2.05, 4.69) is 25.9 Å². The molecule has 0 spiro atoms. The SMILES string of the molecule is CC(Oc1cc(Br)cnc1[N+](=O)[O-])c1ccccn1. The van der Waals surface area contributed by atoms with Gasteiger partial charge in [-0.25, -0.2) is 0 Å². The van der Waals surface area contributed by atoms with E-state index in [1.54, 1.807) is 25.3 Å². The molecular weight excluding hydrogens is 314 g/mol. The van der Waals surface area contributed by atoms with E-state index >= 15 is 0 Å². The lowest BCUT2D eigenvalue weighted by Gasteiger charge is -2.13. The van der Waals surface area contributed by atoms with Crippen molar-refractivity contribution in [3.05, 3.63) is 56.9 Å². The molecule has 0 N–H and O–H groups in total. The molecule has 0 fully saturated rings. The highest BCUT2D eigenvalue weighted by molar-refractivity contribution is 9.10. The molecule has 1 unspecified atom stereocenters. The van der Waals surface area contributed by atoms with Crippen LogP contribution in [0.3, 0.4) is 0 Å². The zero-order chi connectivity index (χ0) is 13.8. The molecule has 0 bridgehead atoms. The summed E-state index contributed by atoms with van der Waals surface area (Å²) in [4.78, 5) is 18.2. The van der Waals surface area contributed by atoms with Gasteiger partial charge in [0.25, 0.3) is 0 Å². The lowest BCUT2D eigenvalue weighted by atomic mass is 10.2. The number of nitrogens with zero attached hydrogens (tertiary/aromatic N) is 3. The number of aromatic nitrogens is 2. The molecule has 2 rings (SSSR count). The van der Waals surface area contributed by atoms with Crippen LogP contribution in [0, 0.1) is 10.1 Å². The van der Waals surface area contributed by atoms with Crippen LogP contribution in [-0.2, 0) is 0 Å². The maximum absolute atomic E-state index is 10.9. The second-order valence-corrected chi connectivity index (χ2v) is 4.66. The van der Waals surface area contributed by atoms with Crippen LogP contribution in [0.15, 0.2) is 41.1 Å². The van der Waals surface area contributed by atoms with Crippen LogP contribution < -0.4 is 4.74 Å². The molecule has 0 aliphatic heterocycles. The summed E-state index contributed by atoms with van der Waals surface area (Å²) in [5.41, 5.74) is 0.691. The molecule has 0 saturated carbocycles. The lowest BCUT2D eigenvalue weighted by molar-refractivity contribution is -0.390. The van der Waals surface area contributed by atoms with Gasteiger partial charge in [-0.3, -0.25) is 4.98 Å². The molecule has 0 saturated heterocycles. The maximum Gasteiger partial charge on any atom is 0.406 e. The van der Waals surface area contributed by atoms with Gasteiger partial charge in [-0.1, -0.05) is 6.07 Å². The van der Waals surface area contributed by atoms with Gasteiger partial charge in [0.15, 0.2) is 6.20 Å². The van der Waals surface area contributed by atoms with Crippen LogP contribution in [0.1, 0.15) is 18.7 Å². The molecule has 2 aromatic heterocycles. The molecule has 0 aliphatic carbocycles. The predicted octanol–water partition coefficient (Wildman–Crippen LogP) is 3.29. The van der Waals surface area contributed by atoms with E-state index in [0.29, 0.717) is 10.2 Å². The normalized spacial score (nSPS) is 11.9. The molecule has 2 aromatic rings. The van der Waals surface area contributed by atoms with Crippen molar-refractivity contribution in [2.24, 2.45) is 0 Å². The third-order valence-electron chi connectivity index (χ3n) is 2.38. The van der Waals surface area contributed by atoms with E-state index in [9.17, 15) is 10.1 Å². The fourth-order valence-corrected chi connectivity index (χ4v) is 1.81. The summed E-state index contributed by atoms with van der Waals surface area (Å²) in [6.45, 7) is 1.77. The topological polar surface area (TPSA) is 78.2 Å². The number of hydrogen-bond acceptors (Lipinski definition) is 5. The Labute approximate surface area is 117 Å². The minimum atomic E-state index is -0.576. The van der Waals surface area contributed by atoms with Crippen molar-refractivity contribution < 1.29 is 9.66 Å². The van der Waals surface area contributed by atoms with E-state index in [-0.39, 0.29) is 11.6 Å². The van der Waals surface area contributed by atoms with Gasteiger partial charge in [-0.2, -0.15) is 0 Å². The zero-order valence-corrected chi connectivity index (χ0v) is 11.6. The largest absolute Gasteiger partial charge is 0.476 e.